The summed E-state index contributed by atoms with van der Waals surface area (Å²) < 4.78 is 5.41. The molecule has 2 aromatic rings. The van der Waals surface area contributed by atoms with E-state index in [1.807, 2.05) is 12.1 Å². The monoisotopic (exact) mass is 429 g/mol. The van der Waals surface area contributed by atoms with E-state index in [9.17, 15) is 14.9 Å². The van der Waals surface area contributed by atoms with Gasteiger partial charge in [0.25, 0.3) is 5.91 Å². The molecule has 2 saturated heterocycles. The number of nitro groups is 1. The van der Waals surface area contributed by atoms with E-state index in [1.165, 1.54) is 17.7 Å². The molecule has 0 radical (unpaired) electrons. The van der Waals surface area contributed by atoms with Crippen LogP contribution >= 0.6 is 11.6 Å². The molecule has 0 aliphatic carbocycles. The Hall–Kier alpha value is -2.64. The standard InChI is InChI=1S/C22H24ClN3O4/c23-16-7-5-15(6-8-16)13-25-18-9-10-19(25)12-17(11-18)24-22(27)14-30-21-4-2-1-3-20(21)26(28)29/h1-8,17-19H,9-14H2,(H,24,27)/t17?,18-,19+. The number of halogens is 1. The van der Waals surface area contributed by atoms with E-state index in [-0.39, 0.29) is 30.0 Å². The first-order chi connectivity index (χ1) is 14.5. The molecule has 0 aromatic heterocycles. The molecule has 2 bridgehead atoms. The molecule has 2 aromatic carbocycles. The lowest BCUT2D eigenvalue weighted by Crippen LogP contribution is -2.50. The zero-order chi connectivity index (χ0) is 21.1. The number of carbonyl (C=O) groups is 1. The second kappa shape index (κ2) is 9.02. The summed E-state index contributed by atoms with van der Waals surface area (Å²) in [5.74, 6) is -0.140. The lowest BCUT2D eigenvalue weighted by molar-refractivity contribution is -0.385. The molecule has 0 spiro atoms. The number of nitro benzene ring substituents is 1. The van der Waals surface area contributed by atoms with Crippen LogP contribution in [0.3, 0.4) is 0 Å². The topological polar surface area (TPSA) is 84.7 Å². The highest BCUT2D eigenvalue weighted by molar-refractivity contribution is 6.30. The summed E-state index contributed by atoms with van der Waals surface area (Å²) in [6, 6.07) is 15.0. The summed E-state index contributed by atoms with van der Waals surface area (Å²) in [5, 5.41) is 14.8. The zero-order valence-electron chi connectivity index (χ0n) is 16.5. The van der Waals surface area contributed by atoms with Crippen LogP contribution in [-0.2, 0) is 11.3 Å². The van der Waals surface area contributed by atoms with Crippen molar-refractivity contribution >= 4 is 23.2 Å². The molecule has 3 atom stereocenters. The van der Waals surface area contributed by atoms with E-state index in [0.29, 0.717) is 12.1 Å². The first-order valence-corrected chi connectivity index (χ1v) is 10.5. The number of hydrogen-bond donors (Lipinski definition) is 1. The number of benzene rings is 2. The number of piperidine rings is 1. The molecular weight excluding hydrogens is 406 g/mol. The third-order valence-electron chi connectivity index (χ3n) is 5.95. The molecule has 2 fully saturated rings. The first kappa shape index (κ1) is 20.6. The Morgan fingerprint density at radius 3 is 2.47 bits per heavy atom. The van der Waals surface area contributed by atoms with Gasteiger partial charge >= 0.3 is 5.69 Å². The number of hydrogen-bond acceptors (Lipinski definition) is 5. The molecule has 1 amide bonds. The normalized spacial score (nSPS) is 23.2. The molecular formula is C22H24ClN3O4. The SMILES string of the molecule is O=C(COc1ccccc1[N+](=O)[O-])NC1C[C@H]2CC[C@@H](C1)N2Cc1ccc(Cl)cc1. The van der Waals surface area contributed by atoms with Crippen molar-refractivity contribution in [3.63, 3.8) is 0 Å². The molecule has 1 N–H and O–H groups in total. The Labute approximate surface area is 180 Å². The summed E-state index contributed by atoms with van der Waals surface area (Å²) in [6.45, 7) is 0.666. The molecule has 2 aliphatic heterocycles. The number of amides is 1. The molecule has 158 valence electrons. The molecule has 8 heteroatoms. The number of para-hydroxylation sites is 2. The van der Waals surface area contributed by atoms with Crippen LogP contribution in [0.4, 0.5) is 5.69 Å². The Bertz CT molecular complexity index is 907. The van der Waals surface area contributed by atoms with E-state index >= 15 is 0 Å². The number of nitrogens with one attached hydrogen (secondary N) is 1. The van der Waals surface area contributed by atoms with Crippen LogP contribution in [0.2, 0.25) is 5.02 Å². The van der Waals surface area contributed by atoms with Gasteiger partial charge in [-0.25, -0.2) is 0 Å². The predicted octanol–water partition coefficient (Wildman–Crippen LogP) is 3.94. The lowest BCUT2D eigenvalue weighted by Gasteiger charge is -2.39. The van der Waals surface area contributed by atoms with Gasteiger partial charge in [-0.2, -0.15) is 0 Å². The Morgan fingerprint density at radius 1 is 1.13 bits per heavy atom. The quantitative estimate of drug-likeness (QED) is 0.532. The van der Waals surface area contributed by atoms with Gasteiger partial charge in [-0.05, 0) is 49.4 Å². The molecule has 2 heterocycles. The van der Waals surface area contributed by atoms with E-state index in [2.05, 4.69) is 22.3 Å². The summed E-state index contributed by atoms with van der Waals surface area (Å²) >= 11 is 5.98. The van der Waals surface area contributed by atoms with Crippen molar-refractivity contribution in [2.45, 2.75) is 50.4 Å². The van der Waals surface area contributed by atoms with Crippen LogP contribution < -0.4 is 10.1 Å². The van der Waals surface area contributed by atoms with E-state index < -0.39 is 4.92 Å². The predicted molar refractivity (Wildman–Crippen MR) is 114 cm³/mol. The van der Waals surface area contributed by atoms with Crippen molar-refractivity contribution in [1.29, 1.82) is 0 Å². The minimum Gasteiger partial charge on any atom is -0.477 e. The fourth-order valence-corrected chi connectivity index (χ4v) is 4.72. The van der Waals surface area contributed by atoms with Crippen LogP contribution in [0.25, 0.3) is 0 Å². The molecule has 30 heavy (non-hydrogen) atoms. The Balaban J connectivity index is 1.29. The van der Waals surface area contributed by atoms with Crippen LogP contribution in [0.1, 0.15) is 31.2 Å². The molecule has 4 rings (SSSR count). The summed E-state index contributed by atoms with van der Waals surface area (Å²) in [4.78, 5) is 25.5. The Morgan fingerprint density at radius 2 is 1.80 bits per heavy atom. The largest absolute Gasteiger partial charge is 0.477 e. The number of fused-ring (bicyclic) bond motifs is 2. The highest BCUT2D eigenvalue weighted by atomic mass is 35.5. The third-order valence-corrected chi connectivity index (χ3v) is 6.20. The molecule has 1 unspecified atom stereocenters. The summed E-state index contributed by atoms with van der Waals surface area (Å²) in [6.07, 6.45) is 4.08. The Kier molecular flexibility index (Phi) is 6.20. The van der Waals surface area contributed by atoms with Crippen molar-refractivity contribution in [1.82, 2.24) is 10.2 Å². The second-order valence-electron chi connectivity index (χ2n) is 7.93. The smallest absolute Gasteiger partial charge is 0.310 e. The minimum absolute atomic E-state index is 0.103. The average Bonchev–Trinajstić information content (AvgIpc) is 2.96. The van der Waals surface area contributed by atoms with Crippen molar-refractivity contribution in [2.24, 2.45) is 0 Å². The number of ether oxygens (including phenoxy) is 1. The van der Waals surface area contributed by atoms with Crippen LogP contribution in [0.15, 0.2) is 48.5 Å². The molecule has 0 saturated carbocycles. The maximum atomic E-state index is 12.4. The highest BCUT2D eigenvalue weighted by Gasteiger charge is 2.40. The van der Waals surface area contributed by atoms with Gasteiger partial charge in [0.2, 0.25) is 0 Å². The fourth-order valence-electron chi connectivity index (χ4n) is 4.59. The zero-order valence-corrected chi connectivity index (χ0v) is 17.3. The van der Waals surface area contributed by atoms with Gasteiger partial charge in [0.15, 0.2) is 12.4 Å². The number of rotatable bonds is 7. The first-order valence-electron chi connectivity index (χ1n) is 10.2. The van der Waals surface area contributed by atoms with Crippen LogP contribution in [-0.4, -0.2) is 40.5 Å². The highest BCUT2D eigenvalue weighted by Crippen LogP contribution is 2.37. The van der Waals surface area contributed by atoms with Gasteiger partial charge in [0.05, 0.1) is 4.92 Å². The lowest BCUT2D eigenvalue weighted by atomic mass is 9.96. The van der Waals surface area contributed by atoms with Gasteiger partial charge in [0, 0.05) is 35.8 Å². The minimum atomic E-state index is -0.513. The van der Waals surface area contributed by atoms with Crippen LogP contribution in [0, 0.1) is 10.1 Å². The van der Waals surface area contributed by atoms with Gasteiger partial charge in [0.1, 0.15) is 0 Å². The van der Waals surface area contributed by atoms with Gasteiger partial charge in [-0.3, -0.25) is 19.8 Å². The number of carbonyl (C=O) groups excluding carboxylic acids is 1. The summed E-state index contributed by atoms with van der Waals surface area (Å²) in [7, 11) is 0. The van der Waals surface area contributed by atoms with E-state index in [4.69, 9.17) is 16.3 Å². The third kappa shape index (κ3) is 4.74. The van der Waals surface area contributed by atoms with Gasteiger partial charge < -0.3 is 10.1 Å². The van der Waals surface area contributed by atoms with Crippen molar-refractivity contribution in [3.8, 4) is 5.75 Å². The fraction of sp³-hybridized carbons (Fsp3) is 0.409. The van der Waals surface area contributed by atoms with Crippen molar-refractivity contribution in [3.05, 3.63) is 69.2 Å². The van der Waals surface area contributed by atoms with Crippen molar-refractivity contribution < 1.29 is 14.5 Å². The van der Waals surface area contributed by atoms with Crippen molar-refractivity contribution in [2.75, 3.05) is 6.61 Å². The number of nitrogens with zero attached hydrogens (tertiary/aromatic N) is 2. The second-order valence-corrected chi connectivity index (χ2v) is 8.37. The molecule has 7 nitrogen and oxygen atoms in total. The van der Waals surface area contributed by atoms with Crippen LogP contribution in [0.5, 0.6) is 5.75 Å². The van der Waals surface area contributed by atoms with E-state index in [1.54, 1.807) is 12.1 Å². The summed E-state index contributed by atoms with van der Waals surface area (Å²) in [5.41, 5.74) is 1.11. The van der Waals surface area contributed by atoms with E-state index in [0.717, 1.165) is 37.3 Å². The maximum Gasteiger partial charge on any atom is 0.310 e. The van der Waals surface area contributed by atoms with Gasteiger partial charge in [-0.1, -0.05) is 35.9 Å². The average molecular weight is 430 g/mol. The molecule has 2 aliphatic rings. The van der Waals surface area contributed by atoms with Gasteiger partial charge in [-0.15, -0.1) is 0 Å². The maximum absolute atomic E-state index is 12.4.